The summed E-state index contributed by atoms with van der Waals surface area (Å²) in [5.41, 5.74) is 2.46. The molecule has 2 heterocycles. The molecule has 0 unspecified atom stereocenters. The largest absolute Gasteiger partial charge is 0.321 e. The monoisotopic (exact) mass is 267 g/mol. The van der Waals surface area contributed by atoms with Gasteiger partial charge in [-0.25, -0.2) is 0 Å². The molecule has 2 rings (SSSR count). The quantitative estimate of drug-likeness (QED) is 0.917. The molecule has 6 nitrogen and oxygen atoms in total. The molecule has 2 aromatic heterocycles. The molecule has 2 aromatic rings. The third kappa shape index (κ3) is 2.53. The molecule has 0 saturated heterocycles. The van der Waals surface area contributed by atoms with Crippen LogP contribution in [0, 0.1) is 13.8 Å². The molecule has 0 aliphatic rings. The molecule has 0 spiro atoms. The topological polar surface area (TPSA) is 64.7 Å². The molecule has 7 heteroatoms. The summed E-state index contributed by atoms with van der Waals surface area (Å²) < 4.78 is 3.22. The Morgan fingerprint density at radius 3 is 2.72 bits per heavy atom. The third-order valence-electron chi connectivity index (χ3n) is 2.68. The van der Waals surface area contributed by atoms with Gasteiger partial charge in [0.1, 0.15) is 6.54 Å². The maximum atomic E-state index is 11.9. The molecule has 1 N–H and O–H groups in total. The molecule has 18 heavy (non-hydrogen) atoms. The molecule has 0 aromatic carbocycles. The maximum Gasteiger partial charge on any atom is 0.246 e. The van der Waals surface area contributed by atoms with Crippen molar-refractivity contribution >= 4 is 23.2 Å². The molecule has 0 atom stereocenters. The summed E-state index contributed by atoms with van der Waals surface area (Å²) in [5, 5.41) is 11.5. The molecular weight excluding hydrogens is 254 g/mol. The zero-order chi connectivity index (χ0) is 13.3. The molecule has 1 amide bonds. The van der Waals surface area contributed by atoms with Gasteiger partial charge in [0.2, 0.25) is 5.91 Å². The minimum absolute atomic E-state index is 0.125. The molecule has 96 valence electrons. The SMILES string of the molecule is Cc1nn(C)c(C)c1NC(=O)Cn1cc(Cl)cn1. The number of hydrogen-bond donors (Lipinski definition) is 1. The number of hydrogen-bond acceptors (Lipinski definition) is 3. The van der Waals surface area contributed by atoms with Crippen molar-refractivity contribution < 1.29 is 4.79 Å². The Morgan fingerprint density at radius 2 is 2.22 bits per heavy atom. The van der Waals surface area contributed by atoms with Crippen molar-refractivity contribution in [2.75, 3.05) is 5.32 Å². The Morgan fingerprint density at radius 1 is 1.50 bits per heavy atom. The molecule has 0 saturated carbocycles. The van der Waals surface area contributed by atoms with Gasteiger partial charge in [0.25, 0.3) is 0 Å². The maximum absolute atomic E-state index is 11.9. The van der Waals surface area contributed by atoms with Crippen LogP contribution in [0.15, 0.2) is 12.4 Å². The predicted molar refractivity (Wildman–Crippen MR) is 68.5 cm³/mol. The second kappa shape index (κ2) is 4.81. The van der Waals surface area contributed by atoms with Gasteiger partial charge in [-0.3, -0.25) is 14.2 Å². The van der Waals surface area contributed by atoms with Crippen LogP contribution in [0.25, 0.3) is 0 Å². The lowest BCUT2D eigenvalue weighted by molar-refractivity contribution is -0.116. The van der Waals surface area contributed by atoms with Crippen LogP contribution in [-0.4, -0.2) is 25.5 Å². The van der Waals surface area contributed by atoms with Crippen LogP contribution in [-0.2, 0) is 18.4 Å². The van der Waals surface area contributed by atoms with Gasteiger partial charge in [-0.2, -0.15) is 10.2 Å². The number of nitrogens with zero attached hydrogens (tertiary/aromatic N) is 4. The molecule has 0 aliphatic carbocycles. The number of rotatable bonds is 3. The van der Waals surface area contributed by atoms with E-state index in [1.807, 2.05) is 20.9 Å². The third-order valence-corrected chi connectivity index (χ3v) is 2.88. The first-order chi connectivity index (χ1) is 8.47. The van der Waals surface area contributed by atoms with E-state index in [-0.39, 0.29) is 12.5 Å². The molecule has 0 aliphatic heterocycles. The van der Waals surface area contributed by atoms with Gasteiger partial charge >= 0.3 is 0 Å². The van der Waals surface area contributed by atoms with Gasteiger partial charge in [0.15, 0.2) is 0 Å². The van der Waals surface area contributed by atoms with Crippen molar-refractivity contribution in [1.29, 1.82) is 0 Å². The Labute approximate surface area is 110 Å². The van der Waals surface area contributed by atoms with E-state index in [1.54, 1.807) is 10.9 Å². The second-order valence-electron chi connectivity index (χ2n) is 4.07. The van der Waals surface area contributed by atoms with Gasteiger partial charge < -0.3 is 5.32 Å². The van der Waals surface area contributed by atoms with Crippen molar-refractivity contribution in [1.82, 2.24) is 19.6 Å². The summed E-state index contributed by atoms with van der Waals surface area (Å²) in [6.07, 6.45) is 3.10. The molecular formula is C11H14ClN5O. The Hall–Kier alpha value is -1.82. The van der Waals surface area contributed by atoms with E-state index in [9.17, 15) is 4.79 Å². The lowest BCUT2D eigenvalue weighted by atomic mass is 10.3. The number of carbonyl (C=O) groups excluding carboxylic acids is 1. The highest BCUT2D eigenvalue weighted by Gasteiger charge is 2.12. The standard InChI is InChI=1S/C11H14ClN5O/c1-7-11(8(2)16(3)15-7)14-10(18)6-17-5-9(12)4-13-17/h4-5H,6H2,1-3H3,(H,14,18). The van der Waals surface area contributed by atoms with E-state index in [1.165, 1.54) is 10.9 Å². The molecule has 0 bridgehead atoms. The first-order valence-electron chi connectivity index (χ1n) is 5.45. The van der Waals surface area contributed by atoms with Crippen LogP contribution in [0.3, 0.4) is 0 Å². The lowest BCUT2D eigenvalue weighted by Crippen LogP contribution is -2.19. The number of aryl methyl sites for hydroxylation is 2. The Bertz CT molecular complexity index is 586. The van der Waals surface area contributed by atoms with Crippen molar-refractivity contribution in [3.63, 3.8) is 0 Å². The first-order valence-corrected chi connectivity index (χ1v) is 5.83. The Balaban J connectivity index is 2.07. The fraction of sp³-hybridized carbons (Fsp3) is 0.364. The van der Waals surface area contributed by atoms with Crippen molar-refractivity contribution in [3.8, 4) is 0 Å². The van der Waals surface area contributed by atoms with Gasteiger partial charge in [-0.1, -0.05) is 11.6 Å². The van der Waals surface area contributed by atoms with E-state index in [0.29, 0.717) is 5.02 Å². The zero-order valence-electron chi connectivity index (χ0n) is 10.4. The highest BCUT2D eigenvalue weighted by atomic mass is 35.5. The normalized spacial score (nSPS) is 10.7. The number of anilines is 1. The van der Waals surface area contributed by atoms with Crippen LogP contribution in [0.5, 0.6) is 0 Å². The van der Waals surface area contributed by atoms with E-state index >= 15 is 0 Å². The number of amides is 1. The highest BCUT2D eigenvalue weighted by molar-refractivity contribution is 6.30. The van der Waals surface area contributed by atoms with Crippen molar-refractivity contribution in [2.45, 2.75) is 20.4 Å². The van der Waals surface area contributed by atoms with Gasteiger partial charge in [-0.05, 0) is 13.8 Å². The highest BCUT2D eigenvalue weighted by Crippen LogP contribution is 2.18. The predicted octanol–water partition coefficient (Wildman–Crippen LogP) is 1.53. The van der Waals surface area contributed by atoms with Crippen LogP contribution < -0.4 is 5.32 Å². The van der Waals surface area contributed by atoms with Gasteiger partial charge in [0, 0.05) is 13.2 Å². The lowest BCUT2D eigenvalue weighted by Gasteiger charge is -2.05. The van der Waals surface area contributed by atoms with E-state index in [4.69, 9.17) is 11.6 Å². The average Bonchev–Trinajstić information content (AvgIpc) is 2.78. The number of carbonyl (C=O) groups is 1. The number of aromatic nitrogens is 4. The molecule has 0 radical (unpaired) electrons. The molecule has 0 fully saturated rings. The summed E-state index contributed by atoms with van der Waals surface area (Å²) in [6.45, 7) is 3.88. The fourth-order valence-electron chi connectivity index (χ4n) is 1.71. The zero-order valence-corrected chi connectivity index (χ0v) is 11.2. The smallest absolute Gasteiger partial charge is 0.246 e. The summed E-state index contributed by atoms with van der Waals surface area (Å²) in [6, 6.07) is 0. The van der Waals surface area contributed by atoms with Crippen molar-refractivity contribution in [3.05, 3.63) is 28.8 Å². The second-order valence-corrected chi connectivity index (χ2v) is 4.51. The van der Waals surface area contributed by atoms with Gasteiger partial charge in [0.05, 0.1) is 28.3 Å². The van der Waals surface area contributed by atoms with Gasteiger partial charge in [-0.15, -0.1) is 0 Å². The Kier molecular flexibility index (Phi) is 3.38. The van der Waals surface area contributed by atoms with Crippen LogP contribution in [0.1, 0.15) is 11.4 Å². The van der Waals surface area contributed by atoms with Crippen molar-refractivity contribution in [2.24, 2.45) is 7.05 Å². The fourth-order valence-corrected chi connectivity index (χ4v) is 1.86. The number of nitrogens with one attached hydrogen (secondary N) is 1. The summed E-state index contributed by atoms with van der Waals surface area (Å²) in [5.74, 6) is -0.158. The van der Waals surface area contributed by atoms with E-state index < -0.39 is 0 Å². The summed E-state index contributed by atoms with van der Waals surface area (Å²) in [4.78, 5) is 11.9. The first kappa shape index (κ1) is 12.6. The van der Waals surface area contributed by atoms with E-state index in [2.05, 4.69) is 15.5 Å². The average molecular weight is 268 g/mol. The van der Waals surface area contributed by atoms with E-state index in [0.717, 1.165) is 17.1 Å². The summed E-state index contributed by atoms with van der Waals surface area (Å²) in [7, 11) is 1.84. The summed E-state index contributed by atoms with van der Waals surface area (Å²) >= 11 is 5.73. The van der Waals surface area contributed by atoms with Crippen LogP contribution >= 0.6 is 11.6 Å². The van der Waals surface area contributed by atoms with Crippen LogP contribution in [0.2, 0.25) is 5.02 Å². The number of halogens is 1. The minimum atomic E-state index is -0.158. The minimum Gasteiger partial charge on any atom is -0.321 e. The van der Waals surface area contributed by atoms with Crippen LogP contribution in [0.4, 0.5) is 5.69 Å².